The number of carbonyl (C=O) groups is 1. The fraction of sp³-hybridized carbons (Fsp3) is 0.444. The number of hydrogen-bond acceptors (Lipinski definition) is 5. The number of piperazine rings is 1. The number of rotatable bonds is 3. The molecule has 3 heterocycles. The lowest BCUT2D eigenvalue weighted by Gasteiger charge is -2.35. The number of pyridine rings is 1. The van der Waals surface area contributed by atoms with Crippen LogP contribution in [0.3, 0.4) is 0 Å². The van der Waals surface area contributed by atoms with Crippen LogP contribution >= 0.6 is 11.6 Å². The summed E-state index contributed by atoms with van der Waals surface area (Å²) in [6.07, 6.45) is 4.59. The second-order valence-corrected chi connectivity index (χ2v) is 7.09. The van der Waals surface area contributed by atoms with E-state index in [1.54, 1.807) is 12.1 Å². The van der Waals surface area contributed by atoms with Gasteiger partial charge >= 0.3 is 0 Å². The van der Waals surface area contributed by atoms with Crippen molar-refractivity contribution in [1.29, 1.82) is 0 Å². The molecule has 130 valence electrons. The number of aryl methyl sites for hydroxylation is 1. The maximum atomic E-state index is 12.5. The number of amides is 1. The number of anilines is 1. The standard InChI is InChI=1S/C18H20ClN5O/c1-12-10-14(13-2-3-13)11-20-17(12)23-6-8-24(9-7-23)18(25)15-4-5-16(19)22-21-15/h4-5,10-11,13H,2-3,6-9H2,1H3. The lowest BCUT2D eigenvalue weighted by molar-refractivity contribution is 0.0739. The molecule has 6 nitrogen and oxygen atoms in total. The van der Waals surface area contributed by atoms with Gasteiger partial charge in [-0.1, -0.05) is 17.7 Å². The number of hydrogen-bond donors (Lipinski definition) is 0. The molecular formula is C18H20ClN5O. The Morgan fingerprint density at radius 2 is 1.92 bits per heavy atom. The Bertz CT molecular complexity index is 783. The first-order valence-corrected chi connectivity index (χ1v) is 8.99. The van der Waals surface area contributed by atoms with Crippen molar-refractivity contribution in [3.8, 4) is 0 Å². The molecule has 1 saturated carbocycles. The second kappa shape index (κ2) is 6.59. The van der Waals surface area contributed by atoms with Gasteiger partial charge in [0, 0.05) is 32.4 Å². The first-order chi connectivity index (χ1) is 12.1. The molecule has 0 bridgehead atoms. The highest BCUT2D eigenvalue weighted by molar-refractivity contribution is 6.29. The van der Waals surface area contributed by atoms with Crippen LogP contribution in [0.5, 0.6) is 0 Å². The molecule has 2 fully saturated rings. The molecule has 25 heavy (non-hydrogen) atoms. The maximum Gasteiger partial charge on any atom is 0.274 e. The number of carbonyl (C=O) groups excluding carboxylic acids is 1. The molecule has 1 saturated heterocycles. The van der Waals surface area contributed by atoms with Gasteiger partial charge in [0.15, 0.2) is 10.8 Å². The predicted octanol–water partition coefficient (Wildman–Crippen LogP) is 2.67. The van der Waals surface area contributed by atoms with Gasteiger partial charge in [0.2, 0.25) is 0 Å². The molecule has 0 N–H and O–H groups in total. The zero-order valence-corrected chi connectivity index (χ0v) is 14.9. The summed E-state index contributed by atoms with van der Waals surface area (Å²) in [5.74, 6) is 1.65. The Morgan fingerprint density at radius 3 is 2.52 bits per heavy atom. The van der Waals surface area contributed by atoms with Crippen molar-refractivity contribution < 1.29 is 4.79 Å². The van der Waals surface area contributed by atoms with E-state index in [-0.39, 0.29) is 11.1 Å². The fourth-order valence-corrected chi connectivity index (χ4v) is 3.37. The van der Waals surface area contributed by atoms with Crippen LogP contribution in [0.1, 0.15) is 40.4 Å². The Labute approximate surface area is 151 Å². The van der Waals surface area contributed by atoms with E-state index >= 15 is 0 Å². The fourth-order valence-electron chi connectivity index (χ4n) is 3.27. The van der Waals surface area contributed by atoms with E-state index in [2.05, 4.69) is 33.1 Å². The quantitative estimate of drug-likeness (QED) is 0.845. The van der Waals surface area contributed by atoms with E-state index in [4.69, 9.17) is 11.6 Å². The molecule has 0 aromatic carbocycles. The first-order valence-electron chi connectivity index (χ1n) is 8.62. The van der Waals surface area contributed by atoms with Crippen molar-refractivity contribution in [3.05, 3.63) is 46.4 Å². The molecule has 1 aliphatic carbocycles. The van der Waals surface area contributed by atoms with Crippen LogP contribution in [0.25, 0.3) is 0 Å². The highest BCUT2D eigenvalue weighted by Crippen LogP contribution is 2.40. The summed E-state index contributed by atoms with van der Waals surface area (Å²) in [7, 11) is 0. The molecule has 0 atom stereocenters. The second-order valence-electron chi connectivity index (χ2n) is 6.70. The number of aromatic nitrogens is 3. The molecule has 1 amide bonds. The van der Waals surface area contributed by atoms with Gasteiger partial charge in [-0.3, -0.25) is 4.79 Å². The molecule has 2 aliphatic rings. The van der Waals surface area contributed by atoms with Crippen LogP contribution in [0.2, 0.25) is 5.15 Å². The molecule has 4 rings (SSSR count). The molecule has 7 heteroatoms. The SMILES string of the molecule is Cc1cc(C2CC2)cnc1N1CCN(C(=O)c2ccc(Cl)nn2)CC1. The van der Waals surface area contributed by atoms with Crippen molar-refractivity contribution in [2.45, 2.75) is 25.7 Å². The average molecular weight is 358 g/mol. The topological polar surface area (TPSA) is 62.2 Å². The smallest absolute Gasteiger partial charge is 0.274 e. The Balaban J connectivity index is 1.41. The van der Waals surface area contributed by atoms with E-state index in [0.717, 1.165) is 24.8 Å². The molecule has 0 spiro atoms. The van der Waals surface area contributed by atoms with E-state index < -0.39 is 0 Å². The monoisotopic (exact) mass is 357 g/mol. The zero-order valence-electron chi connectivity index (χ0n) is 14.2. The van der Waals surface area contributed by atoms with E-state index in [1.807, 2.05) is 11.1 Å². The van der Waals surface area contributed by atoms with Crippen LogP contribution in [-0.2, 0) is 0 Å². The van der Waals surface area contributed by atoms with Crippen molar-refractivity contribution in [1.82, 2.24) is 20.1 Å². The van der Waals surface area contributed by atoms with Crippen molar-refractivity contribution in [2.75, 3.05) is 31.1 Å². The van der Waals surface area contributed by atoms with Gasteiger partial charge in [0.05, 0.1) is 0 Å². The summed E-state index contributed by atoms with van der Waals surface area (Å²) < 4.78 is 0. The summed E-state index contributed by atoms with van der Waals surface area (Å²) in [5.41, 5.74) is 2.91. The number of halogens is 1. The highest BCUT2D eigenvalue weighted by atomic mass is 35.5. The third-order valence-electron chi connectivity index (χ3n) is 4.84. The first kappa shape index (κ1) is 16.3. The van der Waals surface area contributed by atoms with Gasteiger partial charge < -0.3 is 9.80 Å². The summed E-state index contributed by atoms with van der Waals surface area (Å²) in [6, 6.07) is 5.47. The highest BCUT2D eigenvalue weighted by Gasteiger charge is 2.27. The molecule has 1 aliphatic heterocycles. The van der Waals surface area contributed by atoms with Crippen molar-refractivity contribution in [2.24, 2.45) is 0 Å². The summed E-state index contributed by atoms with van der Waals surface area (Å²) in [6.45, 7) is 4.95. The maximum absolute atomic E-state index is 12.5. The van der Waals surface area contributed by atoms with Gasteiger partial charge in [0.1, 0.15) is 5.82 Å². The van der Waals surface area contributed by atoms with E-state index in [0.29, 0.717) is 18.8 Å². The van der Waals surface area contributed by atoms with Gasteiger partial charge in [0.25, 0.3) is 5.91 Å². The molecule has 2 aromatic rings. The minimum absolute atomic E-state index is 0.0995. The van der Waals surface area contributed by atoms with Gasteiger partial charge in [-0.15, -0.1) is 10.2 Å². The summed E-state index contributed by atoms with van der Waals surface area (Å²) in [5, 5.41) is 7.91. The summed E-state index contributed by atoms with van der Waals surface area (Å²) >= 11 is 5.73. The van der Waals surface area contributed by atoms with Crippen molar-refractivity contribution >= 4 is 23.3 Å². The van der Waals surface area contributed by atoms with Crippen LogP contribution in [0.4, 0.5) is 5.82 Å². The van der Waals surface area contributed by atoms with Gasteiger partial charge in [-0.2, -0.15) is 0 Å². The van der Waals surface area contributed by atoms with Gasteiger partial charge in [-0.25, -0.2) is 4.98 Å². The summed E-state index contributed by atoms with van der Waals surface area (Å²) in [4.78, 5) is 21.2. The van der Waals surface area contributed by atoms with Gasteiger partial charge in [-0.05, 0) is 48.9 Å². The minimum Gasteiger partial charge on any atom is -0.353 e. The Kier molecular flexibility index (Phi) is 4.29. The predicted molar refractivity (Wildman–Crippen MR) is 96.1 cm³/mol. The Hall–Kier alpha value is -2.21. The molecular weight excluding hydrogens is 338 g/mol. The van der Waals surface area contributed by atoms with Crippen LogP contribution < -0.4 is 4.90 Å². The largest absolute Gasteiger partial charge is 0.353 e. The van der Waals surface area contributed by atoms with Crippen molar-refractivity contribution in [3.63, 3.8) is 0 Å². The Morgan fingerprint density at radius 1 is 1.16 bits per heavy atom. The molecule has 0 radical (unpaired) electrons. The van der Waals surface area contributed by atoms with Crippen LogP contribution in [-0.4, -0.2) is 52.2 Å². The third kappa shape index (κ3) is 3.44. The van der Waals surface area contributed by atoms with E-state index in [1.165, 1.54) is 24.0 Å². The number of nitrogens with zero attached hydrogens (tertiary/aromatic N) is 5. The molecule has 2 aromatic heterocycles. The van der Waals surface area contributed by atoms with Crippen LogP contribution in [0.15, 0.2) is 24.4 Å². The lowest BCUT2D eigenvalue weighted by Crippen LogP contribution is -2.49. The lowest BCUT2D eigenvalue weighted by atomic mass is 10.1. The average Bonchev–Trinajstić information content (AvgIpc) is 3.47. The zero-order chi connectivity index (χ0) is 17.4. The van der Waals surface area contributed by atoms with E-state index in [9.17, 15) is 4.79 Å². The van der Waals surface area contributed by atoms with Crippen LogP contribution in [0, 0.1) is 6.92 Å². The minimum atomic E-state index is -0.0995. The normalized spacial score (nSPS) is 17.7. The third-order valence-corrected chi connectivity index (χ3v) is 5.04. The molecule has 0 unspecified atom stereocenters.